The zero-order valence-corrected chi connectivity index (χ0v) is 15.2. The maximum absolute atomic E-state index is 12.9. The Morgan fingerprint density at radius 2 is 2.11 bits per heavy atom. The molecular weight excluding hydrogens is 359 g/mol. The number of anilines is 1. The van der Waals surface area contributed by atoms with Gasteiger partial charge in [-0.05, 0) is 60.2 Å². The second kappa shape index (κ2) is 8.12. The molecule has 1 aliphatic rings. The molecule has 0 saturated carbocycles. The molecule has 1 atom stereocenters. The van der Waals surface area contributed by atoms with Crippen molar-refractivity contribution >= 4 is 11.7 Å². The summed E-state index contributed by atoms with van der Waals surface area (Å²) in [6.07, 6.45) is 5.30. The highest BCUT2D eigenvalue weighted by Gasteiger charge is 2.23. The number of nitrogens with zero attached hydrogens (tertiary/aromatic N) is 1. The predicted molar refractivity (Wildman–Crippen MR) is 104 cm³/mol. The van der Waals surface area contributed by atoms with Crippen LogP contribution in [-0.4, -0.2) is 22.6 Å². The van der Waals surface area contributed by atoms with Crippen LogP contribution in [0, 0.1) is 5.82 Å². The summed E-state index contributed by atoms with van der Waals surface area (Å²) in [6, 6.07) is 11.4. The third-order valence-corrected chi connectivity index (χ3v) is 4.81. The average Bonchev–Trinajstić information content (AvgIpc) is 3.21. The largest absolute Gasteiger partial charge is 0.493 e. The van der Waals surface area contributed by atoms with Crippen LogP contribution in [0.15, 0.2) is 55.0 Å². The summed E-state index contributed by atoms with van der Waals surface area (Å²) in [7, 11) is 0. The van der Waals surface area contributed by atoms with Gasteiger partial charge in [-0.2, -0.15) is 0 Å². The zero-order valence-electron chi connectivity index (χ0n) is 15.2. The molecule has 2 heterocycles. The first-order chi connectivity index (χ1) is 13.7. The standard InChI is InChI=1S/C21H21FN4O2/c22-16-3-1-14(2-4-16)11-24-21(27)26-17-5-6-20-19(10-17)15(7-8-28-20)9-18-12-23-13-25-18/h1-6,10,12-13,15H,7-9,11H2,(H,23,25)(H2,24,26,27). The number of fused-ring (bicyclic) bond motifs is 1. The summed E-state index contributed by atoms with van der Waals surface area (Å²) in [5.41, 5.74) is 3.61. The Hall–Kier alpha value is -3.35. The quantitative estimate of drug-likeness (QED) is 0.626. The molecule has 0 fully saturated rings. The fraction of sp³-hybridized carbons (Fsp3) is 0.238. The molecule has 0 radical (unpaired) electrons. The number of halogens is 1. The minimum absolute atomic E-state index is 0.288. The first-order valence-corrected chi connectivity index (χ1v) is 9.21. The number of ether oxygens (including phenoxy) is 1. The Balaban J connectivity index is 1.41. The van der Waals surface area contributed by atoms with Gasteiger partial charge in [0.05, 0.1) is 18.6 Å². The van der Waals surface area contributed by atoms with E-state index in [2.05, 4.69) is 20.6 Å². The van der Waals surface area contributed by atoms with Crippen LogP contribution >= 0.6 is 0 Å². The van der Waals surface area contributed by atoms with Crippen molar-refractivity contribution in [2.75, 3.05) is 11.9 Å². The Labute approximate surface area is 162 Å². The molecule has 1 aromatic heterocycles. The number of benzene rings is 2. The number of carbonyl (C=O) groups excluding carboxylic acids is 1. The molecule has 0 bridgehead atoms. The Kier molecular flexibility index (Phi) is 5.23. The average molecular weight is 380 g/mol. The first kappa shape index (κ1) is 18.0. The molecule has 0 spiro atoms. The molecule has 144 valence electrons. The van der Waals surface area contributed by atoms with Gasteiger partial charge in [0.15, 0.2) is 0 Å². The maximum atomic E-state index is 12.9. The molecule has 2 aromatic carbocycles. The van der Waals surface area contributed by atoms with E-state index in [9.17, 15) is 9.18 Å². The van der Waals surface area contributed by atoms with Gasteiger partial charge in [0, 0.05) is 18.4 Å². The lowest BCUT2D eigenvalue weighted by Gasteiger charge is -2.26. The van der Waals surface area contributed by atoms with Gasteiger partial charge >= 0.3 is 6.03 Å². The van der Waals surface area contributed by atoms with E-state index < -0.39 is 0 Å². The van der Waals surface area contributed by atoms with Crippen molar-refractivity contribution in [2.45, 2.75) is 25.3 Å². The van der Waals surface area contributed by atoms with Crippen LogP contribution in [0.25, 0.3) is 0 Å². The number of aromatic nitrogens is 2. The summed E-state index contributed by atoms with van der Waals surface area (Å²) in [4.78, 5) is 19.5. The molecule has 3 N–H and O–H groups in total. The Morgan fingerprint density at radius 1 is 1.25 bits per heavy atom. The normalized spacial score (nSPS) is 15.4. The van der Waals surface area contributed by atoms with Crippen molar-refractivity contribution in [3.8, 4) is 5.75 Å². The van der Waals surface area contributed by atoms with Gasteiger partial charge in [0.25, 0.3) is 0 Å². The number of imidazole rings is 1. The maximum Gasteiger partial charge on any atom is 0.319 e. The highest BCUT2D eigenvalue weighted by atomic mass is 19.1. The summed E-state index contributed by atoms with van der Waals surface area (Å²) >= 11 is 0. The number of rotatable bonds is 5. The molecular formula is C21H21FN4O2. The van der Waals surface area contributed by atoms with E-state index in [0.29, 0.717) is 18.8 Å². The fourth-order valence-electron chi connectivity index (χ4n) is 3.37. The molecule has 4 rings (SSSR count). The van der Waals surface area contributed by atoms with Gasteiger partial charge in [0.1, 0.15) is 11.6 Å². The van der Waals surface area contributed by atoms with Gasteiger partial charge < -0.3 is 20.4 Å². The molecule has 6 nitrogen and oxygen atoms in total. The van der Waals surface area contributed by atoms with Crippen LogP contribution in [0.2, 0.25) is 0 Å². The van der Waals surface area contributed by atoms with E-state index in [1.807, 2.05) is 24.4 Å². The third-order valence-electron chi connectivity index (χ3n) is 4.81. The van der Waals surface area contributed by atoms with E-state index in [4.69, 9.17) is 4.74 Å². The fourth-order valence-corrected chi connectivity index (χ4v) is 3.37. The van der Waals surface area contributed by atoms with Crippen molar-refractivity contribution in [2.24, 2.45) is 0 Å². The number of H-pyrrole nitrogens is 1. The van der Waals surface area contributed by atoms with E-state index in [-0.39, 0.29) is 17.8 Å². The monoisotopic (exact) mass is 380 g/mol. The second-order valence-corrected chi connectivity index (χ2v) is 6.79. The molecule has 3 aromatic rings. The molecule has 1 unspecified atom stereocenters. The third kappa shape index (κ3) is 4.31. The van der Waals surface area contributed by atoms with Crippen LogP contribution in [0.3, 0.4) is 0 Å². The van der Waals surface area contributed by atoms with Gasteiger partial charge in [-0.25, -0.2) is 14.2 Å². The lowest BCUT2D eigenvalue weighted by molar-refractivity contribution is 0.251. The number of carbonyl (C=O) groups is 1. The van der Waals surface area contributed by atoms with Gasteiger partial charge in [-0.3, -0.25) is 0 Å². The molecule has 28 heavy (non-hydrogen) atoms. The number of aromatic amines is 1. The molecule has 0 saturated heterocycles. The number of hydrogen-bond donors (Lipinski definition) is 3. The van der Waals surface area contributed by atoms with Crippen LogP contribution in [0.4, 0.5) is 14.9 Å². The van der Waals surface area contributed by atoms with Crippen LogP contribution in [0.5, 0.6) is 5.75 Å². The first-order valence-electron chi connectivity index (χ1n) is 9.21. The van der Waals surface area contributed by atoms with E-state index in [1.165, 1.54) is 12.1 Å². The highest BCUT2D eigenvalue weighted by Crippen LogP contribution is 2.37. The number of hydrogen-bond acceptors (Lipinski definition) is 3. The summed E-state index contributed by atoms with van der Waals surface area (Å²) in [6.45, 7) is 0.995. The molecule has 7 heteroatoms. The Bertz CT molecular complexity index is 942. The van der Waals surface area contributed by atoms with E-state index in [0.717, 1.165) is 35.4 Å². The topological polar surface area (TPSA) is 79.0 Å². The number of urea groups is 1. The van der Waals surface area contributed by atoms with Crippen molar-refractivity contribution in [1.29, 1.82) is 0 Å². The van der Waals surface area contributed by atoms with Crippen LogP contribution in [0.1, 0.15) is 29.2 Å². The molecule has 2 amide bonds. The van der Waals surface area contributed by atoms with Crippen LogP contribution < -0.4 is 15.4 Å². The summed E-state index contributed by atoms with van der Waals surface area (Å²) < 4.78 is 18.7. The second-order valence-electron chi connectivity index (χ2n) is 6.79. The summed E-state index contributed by atoms with van der Waals surface area (Å²) in [5.74, 6) is 0.842. The summed E-state index contributed by atoms with van der Waals surface area (Å²) in [5, 5.41) is 5.63. The van der Waals surface area contributed by atoms with Crippen molar-refractivity contribution in [3.63, 3.8) is 0 Å². The minimum Gasteiger partial charge on any atom is -0.493 e. The van der Waals surface area contributed by atoms with Gasteiger partial charge in [-0.1, -0.05) is 12.1 Å². The zero-order chi connectivity index (χ0) is 19.3. The van der Waals surface area contributed by atoms with E-state index in [1.54, 1.807) is 18.5 Å². The van der Waals surface area contributed by atoms with Gasteiger partial charge in [0.2, 0.25) is 0 Å². The van der Waals surface area contributed by atoms with Crippen LogP contribution in [-0.2, 0) is 13.0 Å². The number of nitrogens with one attached hydrogen (secondary N) is 3. The van der Waals surface area contributed by atoms with Crippen molar-refractivity contribution in [1.82, 2.24) is 15.3 Å². The lowest BCUT2D eigenvalue weighted by atomic mass is 9.89. The van der Waals surface area contributed by atoms with E-state index >= 15 is 0 Å². The van der Waals surface area contributed by atoms with Gasteiger partial charge in [-0.15, -0.1) is 0 Å². The van der Waals surface area contributed by atoms with Crippen molar-refractivity contribution in [3.05, 3.63) is 77.6 Å². The molecule has 1 aliphatic heterocycles. The lowest BCUT2D eigenvalue weighted by Crippen LogP contribution is -2.28. The SMILES string of the molecule is O=C(NCc1ccc(F)cc1)Nc1ccc2c(c1)C(Cc1c[nH]cn1)CCO2. The van der Waals surface area contributed by atoms with Crippen molar-refractivity contribution < 1.29 is 13.9 Å². The smallest absolute Gasteiger partial charge is 0.319 e. The highest BCUT2D eigenvalue weighted by molar-refractivity contribution is 5.89. The molecule has 0 aliphatic carbocycles. The number of amides is 2. The Morgan fingerprint density at radius 3 is 2.89 bits per heavy atom. The predicted octanol–water partition coefficient (Wildman–Crippen LogP) is 3.98. The minimum atomic E-state index is -0.315.